The Hall–Kier alpha value is -0.570. The normalized spacial score (nSPS) is 10.4. The molecule has 0 saturated carbocycles. The molecule has 0 aliphatic rings. The topological polar surface area (TPSA) is 25.8 Å². The second-order valence-electron chi connectivity index (χ2n) is 3.14. The van der Waals surface area contributed by atoms with Crippen LogP contribution in [0.5, 0.6) is 0 Å². The molecule has 3 heteroatoms. The molecule has 0 aliphatic heterocycles. The Kier molecular flexibility index (Phi) is 4.22. The molecular formula is C10H16N2S. The molecule has 0 aromatic carbocycles. The third kappa shape index (κ3) is 3.77. The maximum Gasteiger partial charge on any atom is 0.187 e. The molecule has 0 unspecified atom stereocenters. The average molecular weight is 196 g/mol. The summed E-state index contributed by atoms with van der Waals surface area (Å²) in [5, 5.41) is 0.922. The summed E-state index contributed by atoms with van der Waals surface area (Å²) >= 11 is 1.75. The van der Waals surface area contributed by atoms with Crippen LogP contribution in [-0.2, 0) is 0 Å². The van der Waals surface area contributed by atoms with Crippen LogP contribution in [-0.4, -0.2) is 15.7 Å². The monoisotopic (exact) mass is 196 g/mol. The zero-order valence-electron chi connectivity index (χ0n) is 8.50. The molecule has 0 saturated heterocycles. The van der Waals surface area contributed by atoms with Crippen molar-refractivity contribution in [3.63, 3.8) is 0 Å². The molecule has 0 fully saturated rings. The van der Waals surface area contributed by atoms with E-state index in [1.807, 2.05) is 19.9 Å². The van der Waals surface area contributed by atoms with Gasteiger partial charge in [-0.25, -0.2) is 9.97 Å². The first-order valence-electron chi connectivity index (χ1n) is 4.67. The van der Waals surface area contributed by atoms with E-state index in [2.05, 4.69) is 16.9 Å². The molecule has 0 aliphatic carbocycles. The smallest absolute Gasteiger partial charge is 0.187 e. The van der Waals surface area contributed by atoms with Gasteiger partial charge < -0.3 is 0 Å². The summed E-state index contributed by atoms with van der Waals surface area (Å²) < 4.78 is 0. The number of thioether (sulfide) groups is 1. The Morgan fingerprint density at radius 2 is 1.85 bits per heavy atom. The van der Waals surface area contributed by atoms with Gasteiger partial charge in [0.25, 0.3) is 0 Å². The number of hydrogen-bond acceptors (Lipinski definition) is 3. The van der Waals surface area contributed by atoms with Gasteiger partial charge in [0, 0.05) is 17.1 Å². The van der Waals surface area contributed by atoms with E-state index >= 15 is 0 Å². The van der Waals surface area contributed by atoms with Crippen LogP contribution < -0.4 is 0 Å². The summed E-state index contributed by atoms with van der Waals surface area (Å²) in [4.78, 5) is 8.72. The van der Waals surface area contributed by atoms with Crippen molar-refractivity contribution < 1.29 is 0 Å². The highest BCUT2D eigenvalue weighted by Gasteiger charge is 1.99. The Bertz CT molecular complexity index is 253. The zero-order chi connectivity index (χ0) is 9.68. The minimum atomic E-state index is 0.922. The Balaban J connectivity index is 2.56. The van der Waals surface area contributed by atoms with Crippen molar-refractivity contribution in [3.8, 4) is 0 Å². The Morgan fingerprint density at radius 1 is 1.23 bits per heavy atom. The lowest BCUT2D eigenvalue weighted by Crippen LogP contribution is -1.93. The summed E-state index contributed by atoms with van der Waals surface area (Å²) in [5.74, 6) is 1.12. The van der Waals surface area contributed by atoms with Crippen molar-refractivity contribution in [1.29, 1.82) is 0 Å². The highest BCUT2D eigenvalue weighted by molar-refractivity contribution is 7.99. The van der Waals surface area contributed by atoms with Crippen LogP contribution in [0.4, 0.5) is 0 Å². The summed E-state index contributed by atoms with van der Waals surface area (Å²) in [7, 11) is 0. The molecule has 1 aromatic rings. The van der Waals surface area contributed by atoms with E-state index in [1.165, 1.54) is 12.8 Å². The first kappa shape index (κ1) is 10.5. The molecule has 1 heterocycles. The third-order valence-electron chi connectivity index (χ3n) is 1.69. The molecule has 1 aromatic heterocycles. The van der Waals surface area contributed by atoms with E-state index in [-0.39, 0.29) is 0 Å². The van der Waals surface area contributed by atoms with E-state index in [0.29, 0.717) is 0 Å². The molecule has 2 nitrogen and oxygen atoms in total. The predicted octanol–water partition coefficient (Wildman–Crippen LogP) is 2.99. The van der Waals surface area contributed by atoms with Crippen molar-refractivity contribution in [2.45, 2.75) is 38.8 Å². The van der Waals surface area contributed by atoms with Crippen molar-refractivity contribution >= 4 is 11.8 Å². The van der Waals surface area contributed by atoms with E-state index in [4.69, 9.17) is 0 Å². The van der Waals surface area contributed by atoms with Crippen molar-refractivity contribution in [2.75, 3.05) is 5.75 Å². The maximum atomic E-state index is 4.36. The van der Waals surface area contributed by atoms with Crippen LogP contribution in [0.25, 0.3) is 0 Å². The fraction of sp³-hybridized carbons (Fsp3) is 0.600. The van der Waals surface area contributed by atoms with Gasteiger partial charge in [0.2, 0.25) is 0 Å². The second kappa shape index (κ2) is 5.22. The minimum Gasteiger partial charge on any atom is -0.228 e. The fourth-order valence-corrected chi connectivity index (χ4v) is 2.10. The summed E-state index contributed by atoms with van der Waals surface area (Å²) in [6, 6.07) is 2.00. The predicted molar refractivity (Wildman–Crippen MR) is 57.1 cm³/mol. The van der Waals surface area contributed by atoms with Crippen molar-refractivity contribution in [3.05, 3.63) is 17.5 Å². The summed E-state index contributed by atoms with van der Waals surface area (Å²) in [6.07, 6.45) is 2.47. The quantitative estimate of drug-likeness (QED) is 0.420. The third-order valence-corrected chi connectivity index (χ3v) is 2.62. The molecule has 72 valence electrons. The number of aryl methyl sites for hydroxylation is 2. The fourth-order valence-electron chi connectivity index (χ4n) is 1.07. The molecular weight excluding hydrogens is 180 g/mol. The van der Waals surface area contributed by atoms with Crippen LogP contribution in [0, 0.1) is 13.8 Å². The minimum absolute atomic E-state index is 0.922. The van der Waals surface area contributed by atoms with Gasteiger partial charge in [0.05, 0.1) is 0 Å². The van der Waals surface area contributed by atoms with Crippen LogP contribution >= 0.6 is 11.8 Å². The largest absolute Gasteiger partial charge is 0.228 e. The Labute approximate surface area is 84.2 Å². The lowest BCUT2D eigenvalue weighted by molar-refractivity contribution is 0.875. The average Bonchev–Trinajstić information content (AvgIpc) is 2.03. The van der Waals surface area contributed by atoms with Crippen LogP contribution in [0.3, 0.4) is 0 Å². The van der Waals surface area contributed by atoms with E-state index in [9.17, 15) is 0 Å². The second-order valence-corrected chi connectivity index (χ2v) is 4.20. The van der Waals surface area contributed by atoms with Gasteiger partial charge >= 0.3 is 0 Å². The SMILES string of the molecule is CCCCSc1nc(C)cc(C)n1. The van der Waals surface area contributed by atoms with Crippen molar-refractivity contribution in [1.82, 2.24) is 9.97 Å². The number of aromatic nitrogens is 2. The van der Waals surface area contributed by atoms with Crippen LogP contribution in [0.2, 0.25) is 0 Å². The molecule has 1 rings (SSSR count). The molecule has 0 bridgehead atoms. The molecule has 0 amide bonds. The number of hydrogen-bond donors (Lipinski definition) is 0. The van der Waals surface area contributed by atoms with Crippen molar-refractivity contribution in [2.24, 2.45) is 0 Å². The number of rotatable bonds is 4. The van der Waals surface area contributed by atoms with Gasteiger partial charge in [0.15, 0.2) is 5.16 Å². The molecule has 0 spiro atoms. The van der Waals surface area contributed by atoms with E-state index in [1.54, 1.807) is 11.8 Å². The van der Waals surface area contributed by atoms with Crippen LogP contribution in [0.15, 0.2) is 11.2 Å². The van der Waals surface area contributed by atoms with Gasteiger partial charge in [-0.3, -0.25) is 0 Å². The van der Waals surface area contributed by atoms with Crippen LogP contribution in [0.1, 0.15) is 31.2 Å². The lowest BCUT2D eigenvalue weighted by atomic mass is 10.4. The first-order valence-corrected chi connectivity index (χ1v) is 5.66. The molecule has 0 N–H and O–H groups in total. The van der Waals surface area contributed by atoms with Gasteiger partial charge in [-0.15, -0.1) is 0 Å². The van der Waals surface area contributed by atoms with E-state index in [0.717, 1.165) is 22.3 Å². The van der Waals surface area contributed by atoms with Gasteiger partial charge in [-0.2, -0.15) is 0 Å². The molecule has 0 radical (unpaired) electrons. The molecule has 0 atom stereocenters. The number of unbranched alkanes of at least 4 members (excludes halogenated alkanes) is 1. The number of nitrogens with zero attached hydrogens (tertiary/aromatic N) is 2. The molecule has 13 heavy (non-hydrogen) atoms. The van der Waals surface area contributed by atoms with Gasteiger partial charge in [-0.1, -0.05) is 25.1 Å². The standard InChI is InChI=1S/C10H16N2S/c1-4-5-6-13-10-11-8(2)7-9(3)12-10/h7H,4-6H2,1-3H3. The van der Waals surface area contributed by atoms with Gasteiger partial charge in [0.1, 0.15) is 0 Å². The zero-order valence-corrected chi connectivity index (χ0v) is 9.32. The maximum absolute atomic E-state index is 4.36. The lowest BCUT2D eigenvalue weighted by Gasteiger charge is -2.01. The first-order chi connectivity index (χ1) is 6.22. The Morgan fingerprint density at radius 3 is 2.38 bits per heavy atom. The summed E-state index contributed by atoms with van der Waals surface area (Å²) in [6.45, 7) is 6.22. The highest BCUT2D eigenvalue weighted by Crippen LogP contribution is 2.15. The summed E-state index contributed by atoms with van der Waals surface area (Å²) in [5.41, 5.74) is 2.12. The van der Waals surface area contributed by atoms with Gasteiger partial charge in [-0.05, 0) is 26.3 Å². The highest BCUT2D eigenvalue weighted by atomic mass is 32.2. The van der Waals surface area contributed by atoms with E-state index < -0.39 is 0 Å².